The maximum absolute atomic E-state index is 6.43. The highest BCUT2D eigenvalue weighted by molar-refractivity contribution is 7.20. The fourth-order valence-electron chi connectivity index (χ4n) is 2.03. The highest BCUT2D eigenvalue weighted by Gasteiger charge is 2.07. The van der Waals surface area contributed by atoms with Crippen LogP contribution >= 0.6 is 22.9 Å². The molecule has 0 spiro atoms. The molecule has 0 aliphatic heterocycles. The van der Waals surface area contributed by atoms with Gasteiger partial charge in [0.1, 0.15) is 0 Å². The van der Waals surface area contributed by atoms with E-state index in [0.717, 1.165) is 15.3 Å². The fourth-order valence-corrected chi connectivity index (χ4v) is 3.53. The summed E-state index contributed by atoms with van der Waals surface area (Å²) >= 11 is 8.17. The van der Waals surface area contributed by atoms with Crippen LogP contribution in [-0.4, -0.2) is 0 Å². The first-order chi connectivity index (χ1) is 9.24. The minimum absolute atomic E-state index is 0.854. The first-order valence-corrected chi connectivity index (χ1v) is 7.35. The van der Waals surface area contributed by atoms with Crippen molar-refractivity contribution in [1.82, 2.24) is 0 Å². The summed E-state index contributed by atoms with van der Waals surface area (Å²) in [6, 6.07) is 16.7. The van der Waals surface area contributed by atoms with E-state index in [-0.39, 0.29) is 0 Å². The molecule has 2 heteroatoms. The lowest BCUT2D eigenvalue weighted by Crippen LogP contribution is -1.70. The molecule has 0 amide bonds. The maximum Gasteiger partial charge on any atom is 0.0664 e. The molecular formula is C17H13ClS. The molecule has 0 saturated carbocycles. The first-order valence-electron chi connectivity index (χ1n) is 6.16. The van der Waals surface area contributed by atoms with Crippen LogP contribution in [0.5, 0.6) is 0 Å². The first kappa shape index (κ1) is 12.5. The summed E-state index contributed by atoms with van der Waals surface area (Å²) in [5, 5.41) is 2.00. The Morgan fingerprint density at radius 1 is 1.00 bits per heavy atom. The second-order valence-corrected chi connectivity index (χ2v) is 5.99. The highest BCUT2D eigenvalue weighted by Crippen LogP contribution is 2.36. The number of benzene rings is 2. The Balaban J connectivity index is 2.02. The molecule has 3 aromatic rings. The van der Waals surface area contributed by atoms with E-state index in [2.05, 4.69) is 49.4 Å². The van der Waals surface area contributed by atoms with Gasteiger partial charge in [-0.1, -0.05) is 60.1 Å². The lowest BCUT2D eigenvalue weighted by molar-refractivity contribution is 1.52. The second kappa shape index (κ2) is 5.20. The van der Waals surface area contributed by atoms with E-state index in [1.54, 1.807) is 11.3 Å². The van der Waals surface area contributed by atoms with Crippen molar-refractivity contribution < 1.29 is 0 Å². The third-order valence-electron chi connectivity index (χ3n) is 3.04. The molecular weight excluding hydrogens is 272 g/mol. The van der Waals surface area contributed by atoms with Crippen molar-refractivity contribution in [2.45, 2.75) is 6.92 Å². The van der Waals surface area contributed by atoms with E-state index in [1.165, 1.54) is 15.8 Å². The van der Waals surface area contributed by atoms with Gasteiger partial charge in [-0.3, -0.25) is 0 Å². The van der Waals surface area contributed by atoms with Gasteiger partial charge in [0.05, 0.1) is 5.02 Å². The third-order valence-corrected chi connectivity index (χ3v) is 4.67. The SMILES string of the molecule is Cc1ccc2c(Cl)c(C=Cc3ccccc3)sc2c1. The Labute approximate surface area is 122 Å². The van der Waals surface area contributed by atoms with Crippen molar-refractivity contribution in [1.29, 1.82) is 0 Å². The molecule has 0 atom stereocenters. The molecule has 0 N–H and O–H groups in total. The Kier molecular flexibility index (Phi) is 3.41. The average Bonchev–Trinajstić information content (AvgIpc) is 2.74. The minimum Gasteiger partial charge on any atom is -0.134 e. The quantitative estimate of drug-likeness (QED) is 0.539. The molecule has 1 aromatic heterocycles. The van der Waals surface area contributed by atoms with Crippen molar-refractivity contribution in [3.63, 3.8) is 0 Å². The Morgan fingerprint density at radius 2 is 1.79 bits per heavy atom. The van der Waals surface area contributed by atoms with Crippen molar-refractivity contribution in [2.75, 3.05) is 0 Å². The summed E-state index contributed by atoms with van der Waals surface area (Å²) in [5.74, 6) is 0. The number of rotatable bonds is 2. The van der Waals surface area contributed by atoms with Crippen LogP contribution in [-0.2, 0) is 0 Å². The van der Waals surface area contributed by atoms with Gasteiger partial charge in [0, 0.05) is 15.0 Å². The number of halogens is 1. The summed E-state index contributed by atoms with van der Waals surface area (Å²) in [6.45, 7) is 2.10. The fraction of sp³-hybridized carbons (Fsp3) is 0.0588. The molecule has 2 aromatic carbocycles. The van der Waals surface area contributed by atoms with Crippen molar-refractivity contribution in [3.8, 4) is 0 Å². The zero-order chi connectivity index (χ0) is 13.2. The third kappa shape index (κ3) is 2.58. The van der Waals surface area contributed by atoms with Crippen LogP contribution in [0.4, 0.5) is 0 Å². The van der Waals surface area contributed by atoms with E-state index < -0.39 is 0 Å². The summed E-state index contributed by atoms with van der Waals surface area (Å²) in [4.78, 5) is 1.12. The van der Waals surface area contributed by atoms with Crippen molar-refractivity contribution in [2.24, 2.45) is 0 Å². The van der Waals surface area contributed by atoms with E-state index in [9.17, 15) is 0 Å². The van der Waals surface area contributed by atoms with E-state index >= 15 is 0 Å². The molecule has 0 aliphatic carbocycles. The van der Waals surface area contributed by atoms with E-state index in [4.69, 9.17) is 11.6 Å². The zero-order valence-corrected chi connectivity index (χ0v) is 12.1. The van der Waals surface area contributed by atoms with E-state index in [0.29, 0.717) is 0 Å². The highest BCUT2D eigenvalue weighted by atomic mass is 35.5. The van der Waals surface area contributed by atoms with Crippen LogP contribution in [0.15, 0.2) is 48.5 Å². The van der Waals surface area contributed by atoms with Crippen LogP contribution in [0.3, 0.4) is 0 Å². The van der Waals surface area contributed by atoms with Gasteiger partial charge in [0.25, 0.3) is 0 Å². The molecule has 0 unspecified atom stereocenters. The van der Waals surface area contributed by atoms with Crippen LogP contribution < -0.4 is 0 Å². The molecule has 0 radical (unpaired) electrons. The average molecular weight is 285 g/mol. The van der Waals surface area contributed by atoms with Gasteiger partial charge in [0.2, 0.25) is 0 Å². The molecule has 1 heterocycles. The van der Waals surface area contributed by atoms with Gasteiger partial charge in [-0.05, 0) is 30.2 Å². The Hall–Kier alpha value is -1.57. The molecule has 0 saturated heterocycles. The van der Waals surface area contributed by atoms with Crippen LogP contribution in [0.2, 0.25) is 5.02 Å². The molecule has 94 valence electrons. The van der Waals surface area contributed by atoms with Crippen molar-refractivity contribution >= 4 is 45.2 Å². The summed E-state index contributed by atoms with van der Waals surface area (Å²) in [6.07, 6.45) is 4.20. The van der Waals surface area contributed by atoms with Gasteiger partial charge in [-0.15, -0.1) is 11.3 Å². The van der Waals surface area contributed by atoms with Crippen molar-refractivity contribution in [3.05, 3.63) is 69.6 Å². The normalized spacial score (nSPS) is 11.5. The molecule has 0 bridgehead atoms. The second-order valence-electron chi connectivity index (χ2n) is 4.52. The van der Waals surface area contributed by atoms with Crippen LogP contribution in [0, 0.1) is 6.92 Å². The smallest absolute Gasteiger partial charge is 0.0664 e. The predicted octanol–water partition coefficient (Wildman–Crippen LogP) is 6.03. The molecule has 0 fully saturated rings. The monoisotopic (exact) mass is 284 g/mol. The molecule has 3 rings (SSSR count). The standard InChI is InChI=1S/C17H13ClS/c1-12-7-9-14-16(11-12)19-15(17(14)18)10-8-13-5-3-2-4-6-13/h2-11H,1H3. The minimum atomic E-state index is 0.854. The lowest BCUT2D eigenvalue weighted by Gasteiger charge is -1.92. The topological polar surface area (TPSA) is 0 Å². The summed E-state index contributed by atoms with van der Waals surface area (Å²) < 4.78 is 1.25. The number of hydrogen-bond donors (Lipinski definition) is 0. The van der Waals surface area contributed by atoms with Gasteiger partial charge in [-0.2, -0.15) is 0 Å². The number of aryl methyl sites for hydroxylation is 1. The summed E-state index contributed by atoms with van der Waals surface area (Å²) in [7, 11) is 0. The molecule has 19 heavy (non-hydrogen) atoms. The Bertz CT molecular complexity index is 739. The van der Waals surface area contributed by atoms with Gasteiger partial charge >= 0.3 is 0 Å². The van der Waals surface area contributed by atoms with Gasteiger partial charge < -0.3 is 0 Å². The van der Waals surface area contributed by atoms with Gasteiger partial charge in [-0.25, -0.2) is 0 Å². The maximum atomic E-state index is 6.43. The largest absolute Gasteiger partial charge is 0.134 e. The molecule has 0 aliphatic rings. The number of fused-ring (bicyclic) bond motifs is 1. The number of thiophene rings is 1. The number of hydrogen-bond acceptors (Lipinski definition) is 1. The van der Waals surface area contributed by atoms with Gasteiger partial charge in [0.15, 0.2) is 0 Å². The van der Waals surface area contributed by atoms with Crippen LogP contribution in [0.25, 0.3) is 22.2 Å². The zero-order valence-electron chi connectivity index (χ0n) is 10.6. The predicted molar refractivity (Wildman–Crippen MR) is 86.9 cm³/mol. The van der Waals surface area contributed by atoms with E-state index in [1.807, 2.05) is 18.2 Å². The summed E-state index contributed by atoms with van der Waals surface area (Å²) in [5.41, 5.74) is 2.45. The van der Waals surface area contributed by atoms with Crippen LogP contribution in [0.1, 0.15) is 16.0 Å². The Morgan fingerprint density at radius 3 is 2.58 bits per heavy atom. The molecule has 0 nitrogen and oxygen atoms in total. The lowest BCUT2D eigenvalue weighted by atomic mass is 10.2.